The van der Waals surface area contributed by atoms with Crippen molar-refractivity contribution in [3.8, 4) is 0 Å². The van der Waals surface area contributed by atoms with Gasteiger partial charge in [0.1, 0.15) is 24.4 Å². The van der Waals surface area contributed by atoms with Gasteiger partial charge >= 0.3 is 0 Å². The minimum absolute atomic E-state index is 0.0420. The molecule has 0 spiro atoms. The summed E-state index contributed by atoms with van der Waals surface area (Å²) in [6.07, 6.45) is 2.27. The van der Waals surface area contributed by atoms with E-state index in [0.29, 0.717) is 77.8 Å². The Morgan fingerprint density at radius 3 is 2.41 bits per heavy atom. The number of hydrogen-bond acceptors (Lipinski definition) is 13. The van der Waals surface area contributed by atoms with Gasteiger partial charge in [0.25, 0.3) is 5.91 Å². The molecule has 1 aromatic heterocycles. The minimum Gasteiger partial charge on any atom is -0.390 e. The Labute approximate surface area is 315 Å². The Hall–Kier alpha value is -4.75. The Kier molecular flexibility index (Phi) is 18.0. The molecule has 1 fully saturated rings. The van der Waals surface area contributed by atoms with E-state index in [2.05, 4.69) is 53.2 Å². The molecule has 3 heterocycles. The predicted octanol–water partition coefficient (Wildman–Crippen LogP) is -1.90. The van der Waals surface area contributed by atoms with Gasteiger partial charge in [-0.1, -0.05) is 24.3 Å². The molecule has 2 aliphatic heterocycles. The maximum Gasteiger partial charge on any atom is 0.270 e. The van der Waals surface area contributed by atoms with Crippen LogP contribution in [0.5, 0.6) is 0 Å². The van der Waals surface area contributed by atoms with Crippen LogP contribution >= 0.6 is 0 Å². The average molecular weight is 755 g/mol. The second-order valence-corrected chi connectivity index (χ2v) is 13.2. The molecule has 0 aliphatic carbocycles. The number of β-amino-alcohol motifs (C(OH)–C–C–N with tert-alkyl or cyclic N) is 1. The van der Waals surface area contributed by atoms with Crippen molar-refractivity contribution in [3.63, 3.8) is 0 Å². The zero-order chi connectivity index (χ0) is 38.5. The lowest BCUT2D eigenvalue weighted by atomic mass is 10.00. The van der Waals surface area contributed by atoms with E-state index in [1.807, 2.05) is 12.1 Å². The standard InChI is InChI=1S/C36H54N10O8/c37-31(48)6-3-7-33(49)39-10-17-53-18-19-54-25-35(51)46-15-13-44(14-16-46)12-9-38-34(50)22-40-32-20-30(42-26-43-32)36(52)41-21-29(47)24-45-11-8-27-4-1-2-5-28(27)23-45/h1-2,4-5,20,26,29,47H,3,6-19,21-25H2,(H2,37,48)(H,38,50)(H,39,49)(H,41,52)(H,40,42,43)/t29-/m0/s1. The van der Waals surface area contributed by atoms with E-state index in [4.69, 9.17) is 15.2 Å². The fraction of sp³-hybridized carbons (Fsp3) is 0.583. The molecule has 4 rings (SSSR count). The summed E-state index contributed by atoms with van der Waals surface area (Å²) >= 11 is 0. The zero-order valence-corrected chi connectivity index (χ0v) is 30.8. The molecule has 54 heavy (non-hydrogen) atoms. The third kappa shape index (κ3) is 15.7. The van der Waals surface area contributed by atoms with E-state index < -0.39 is 17.9 Å². The third-order valence-electron chi connectivity index (χ3n) is 8.98. The van der Waals surface area contributed by atoms with E-state index in [-0.39, 0.29) is 62.6 Å². The fourth-order valence-electron chi connectivity index (χ4n) is 6.00. The predicted molar refractivity (Wildman–Crippen MR) is 198 cm³/mol. The molecule has 0 unspecified atom stereocenters. The largest absolute Gasteiger partial charge is 0.390 e. The van der Waals surface area contributed by atoms with Crippen LogP contribution in [0.2, 0.25) is 0 Å². The van der Waals surface area contributed by atoms with E-state index in [1.54, 1.807) is 4.90 Å². The highest BCUT2D eigenvalue weighted by Crippen LogP contribution is 2.18. The quantitative estimate of drug-likeness (QED) is 0.0682. The van der Waals surface area contributed by atoms with Crippen LogP contribution in [0.3, 0.4) is 0 Å². The van der Waals surface area contributed by atoms with Crippen molar-refractivity contribution >= 4 is 35.4 Å². The number of nitrogens with zero attached hydrogens (tertiary/aromatic N) is 5. The molecule has 1 atom stereocenters. The number of hydrogen-bond donors (Lipinski definition) is 6. The first-order valence-electron chi connectivity index (χ1n) is 18.4. The van der Waals surface area contributed by atoms with Gasteiger partial charge in [-0.25, -0.2) is 9.97 Å². The Bertz CT molecular complexity index is 1520. The van der Waals surface area contributed by atoms with Crippen molar-refractivity contribution in [1.82, 2.24) is 40.6 Å². The lowest BCUT2D eigenvalue weighted by Crippen LogP contribution is -2.51. The molecule has 0 saturated carbocycles. The lowest BCUT2D eigenvalue weighted by molar-refractivity contribution is -0.138. The summed E-state index contributed by atoms with van der Waals surface area (Å²) in [6.45, 7) is 6.78. The topological polar surface area (TPSA) is 234 Å². The number of carbonyl (C=O) groups is 5. The number of ether oxygens (including phenoxy) is 2. The summed E-state index contributed by atoms with van der Waals surface area (Å²) < 4.78 is 10.8. The van der Waals surface area contributed by atoms with Crippen molar-refractivity contribution in [3.05, 3.63) is 53.5 Å². The average Bonchev–Trinajstić information content (AvgIpc) is 3.17. The van der Waals surface area contributed by atoms with E-state index >= 15 is 0 Å². The fourth-order valence-corrected chi connectivity index (χ4v) is 6.00. The number of aromatic nitrogens is 2. The summed E-state index contributed by atoms with van der Waals surface area (Å²) in [6, 6.07) is 9.75. The number of nitrogens with two attached hydrogens (primary N) is 1. The highest BCUT2D eigenvalue weighted by atomic mass is 16.5. The van der Waals surface area contributed by atoms with Crippen molar-refractivity contribution in [1.29, 1.82) is 0 Å². The number of aliphatic hydroxyl groups excluding tert-OH is 1. The SMILES string of the molecule is NC(=O)CCCC(=O)NCCOCCOCC(=O)N1CCN(CCNC(=O)CNc2cc(C(=O)NC[C@H](O)CN3CCc4ccccc4C3)ncn2)CC1. The smallest absolute Gasteiger partial charge is 0.270 e. The molecule has 1 aromatic carbocycles. The van der Waals surface area contributed by atoms with Crippen molar-refractivity contribution in [2.75, 3.05) is 104 Å². The van der Waals surface area contributed by atoms with E-state index in [0.717, 1.165) is 19.5 Å². The van der Waals surface area contributed by atoms with Gasteiger partial charge in [-0.15, -0.1) is 0 Å². The van der Waals surface area contributed by atoms with Crippen LogP contribution in [0.1, 0.15) is 40.9 Å². The van der Waals surface area contributed by atoms with Crippen molar-refractivity contribution in [2.45, 2.75) is 38.3 Å². The first kappa shape index (κ1) is 42.0. The number of piperazine rings is 1. The number of benzene rings is 1. The second-order valence-electron chi connectivity index (χ2n) is 13.2. The number of amides is 5. The first-order chi connectivity index (χ1) is 26.2. The Morgan fingerprint density at radius 1 is 0.852 bits per heavy atom. The summed E-state index contributed by atoms with van der Waals surface area (Å²) in [5, 5.41) is 21.7. The number of anilines is 1. The molecule has 18 heteroatoms. The molecule has 7 N–H and O–H groups in total. The van der Waals surface area contributed by atoms with Crippen LogP contribution in [0, 0.1) is 0 Å². The minimum atomic E-state index is -0.736. The van der Waals surface area contributed by atoms with E-state index in [1.165, 1.54) is 23.5 Å². The van der Waals surface area contributed by atoms with Gasteiger partial charge in [0, 0.05) is 90.9 Å². The molecule has 0 radical (unpaired) electrons. The molecule has 1 saturated heterocycles. The first-order valence-corrected chi connectivity index (χ1v) is 18.4. The second kappa shape index (κ2) is 23.1. The maximum atomic E-state index is 12.7. The van der Waals surface area contributed by atoms with Crippen LogP contribution < -0.4 is 27.0 Å². The molecule has 2 aromatic rings. The molecule has 5 amide bonds. The summed E-state index contributed by atoms with van der Waals surface area (Å²) in [5.74, 6) is -1.05. The van der Waals surface area contributed by atoms with Gasteiger partial charge in [-0.3, -0.25) is 33.8 Å². The van der Waals surface area contributed by atoms with Gasteiger partial charge in [-0.2, -0.15) is 0 Å². The molecule has 0 bridgehead atoms. The van der Waals surface area contributed by atoms with Crippen LogP contribution in [0.4, 0.5) is 5.82 Å². The summed E-state index contributed by atoms with van der Waals surface area (Å²) in [4.78, 5) is 74.2. The lowest BCUT2D eigenvalue weighted by Gasteiger charge is -2.34. The Morgan fingerprint density at radius 2 is 1.61 bits per heavy atom. The van der Waals surface area contributed by atoms with Crippen LogP contribution in [0.25, 0.3) is 0 Å². The number of rotatable bonds is 23. The number of aliphatic hydroxyl groups is 1. The number of nitrogens with one attached hydrogen (secondary N) is 4. The van der Waals surface area contributed by atoms with Gasteiger partial charge in [0.2, 0.25) is 23.6 Å². The van der Waals surface area contributed by atoms with Gasteiger partial charge in [0.15, 0.2) is 0 Å². The molecule has 296 valence electrons. The number of primary amides is 1. The monoisotopic (exact) mass is 754 g/mol. The Balaban J connectivity index is 0.994. The van der Waals surface area contributed by atoms with Gasteiger partial charge < -0.3 is 46.5 Å². The van der Waals surface area contributed by atoms with Crippen LogP contribution in [-0.2, 0) is 41.6 Å². The molecule has 18 nitrogen and oxygen atoms in total. The number of fused-ring (bicyclic) bond motifs is 1. The van der Waals surface area contributed by atoms with Crippen LogP contribution in [0.15, 0.2) is 36.7 Å². The zero-order valence-electron chi connectivity index (χ0n) is 30.8. The highest BCUT2D eigenvalue weighted by molar-refractivity contribution is 5.93. The summed E-state index contributed by atoms with van der Waals surface area (Å²) in [7, 11) is 0. The van der Waals surface area contributed by atoms with Crippen molar-refractivity contribution < 1.29 is 38.6 Å². The van der Waals surface area contributed by atoms with E-state index in [9.17, 15) is 29.1 Å². The van der Waals surface area contributed by atoms with Gasteiger partial charge in [-0.05, 0) is 24.0 Å². The molecular weight excluding hydrogens is 700 g/mol. The van der Waals surface area contributed by atoms with Gasteiger partial charge in [0.05, 0.1) is 32.5 Å². The molecular formula is C36H54N10O8. The highest BCUT2D eigenvalue weighted by Gasteiger charge is 2.22. The maximum absolute atomic E-state index is 12.7. The molecule has 2 aliphatic rings. The van der Waals surface area contributed by atoms with Crippen LogP contribution in [-0.4, -0.2) is 164 Å². The summed E-state index contributed by atoms with van der Waals surface area (Å²) in [5.41, 5.74) is 7.77. The van der Waals surface area contributed by atoms with Crippen molar-refractivity contribution in [2.24, 2.45) is 5.73 Å². The third-order valence-corrected chi connectivity index (χ3v) is 8.98. The number of carbonyl (C=O) groups excluding carboxylic acids is 5. The normalized spacial score (nSPS) is 15.2.